The first-order valence-electron chi connectivity index (χ1n) is 5.61. The van der Waals surface area contributed by atoms with E-state index in [2.05, 4.69) is 13.0 Å². The van der Waals surface area contributed by atoms with Gasteiger partial charge in [-0.3, -0.25) is 14.5 Å². The Morgan fingerprint density at radius 1 is 1.20 bits per heavy atom. The van der Waals surface area contributed by atoms with E-state index >= 15 is 0 Å². The third-order valence-corrected chi connectivity index (χ3v) is 4.39. The molecular weight excluding hydrogens is 190 g/mol. The van der Waals surface area contributed by atoms with E-state index in [9.17, 15) is 9.59 Å². The molecule has 2 bridgehead atoms. The zero-order valence-electron chi connectivity index (χ0n) is 9.06. The molecule has 2 amide bonds. The van der Waals surface area contributed by atoms with Crippen molar-refractivity contribution < 1.29 is 9.59 Å². The fourth-order valence-corrected chi connectivity index (χ4v) is 3.63. The molecule has 0 radical (unpaired) electrons. The van der Waals surface area contributed by atoms with Gasteiger partial charge in [0, 0.05) is 7.05 Å². The molecule has 4 unspecified atom stereocenters. The number of rotatable bonds is 0. The first kappa shape index (κ1) is 9.13. The van der Waals surface area contributed by atoms with E-state index in [1.807, 2.05) is 0 Å². The lowest BCUT2D eigenvalue weighted by atomic mass is 9.60. The van der Waals surface area contributed by atoms with E-state index in [1.165, 1.54) is 10.5 Å². The average Bonchev–Trinajstić information content (AvgIpc) is 2.46. The molecule has 4 atom stereocenters. The number of allylic oxidation sites excluding steroid dienone is 2. The van der Waals surface area contributed by atoms with E-state index in [-0.39, 0.29) is 23.7 Å². The zero-order chi connectivity index (χ0) is 10.7. The molecule has 4 rings (SSSR count). The van der Waals surface area contributed by atoms with E-state index in [0.29, 0.717) is 11.8 Å². The van der Waals surface area contributed by atoms with Gasteiger partial charge in [0.25, 0.3) is 0 Å². The Kier molecular flexibility index (Phi) is 1.65. The molecule has 1 saturated carbocycles. The predicted molar refractivity (Wildman–Crippen MR) is 54.7 cm³/mol. The van der Waals surface area contributed by atoms with Gasteiger partial charge in [-0.1, -0.05) is 11.6 Å². The van der Waals surface area contributed by atoms with Gasteiger partial charge in [0.1, 0.15) is 0 Å². The summed E-state index contributed by atoms with van der Waals surface area (Å²) < 4.78 is 0. The van der Waals surface area contributed by atoms with E-state index in [0.717, 1.165) is 12.8 Å². The molecule has 3 aliphatic carbocycles. The molecular formula is C12H15NO2. The van der Waals surface area contributed by atoms with Gasteiger partial charge in [0.15, 0.2) is 0 Å². The minimum atomic E-state index is -0.0371. The fraction of sp³-hybridized carbons (Fsp3) is 0.667. The average molecular weight is 205 g/mol. The maximum absolute atomic E-state index is 12.0. The van der Waals surface area contributed by atoms with E-state index in [1.54, 1.807) is 7.05 Å². The third-order valence-electron chi connectivity index (χ3n) is 4.39. The minimum absolute atomic E-state index is 0.0359. The van der Waals surface area contributed by atoms with Crippen molar-refractivity contribution in [3.63, 3.8) is 0 Å². The van der Waals surface area contributed by atoms with Gasteiger partial charge < -0.3 is 0 Å². The quantitative estimate of drug-likeness (QED) is 0.440. The summed E-state index contributed by atoms with van der Waals surface area (Å²) in [6.07, 6.45) is 4.39. The molecule has 0 aromatic rings. The van der Waals surface area contributed by atoms with Gasteiger partial charge >= 0.3 is 0 Å². The summed E-state index contributed by atoms with van der Waals surface area (Å²) in [5.74, 6) is 0.676. The molecule has 3 nitrogen and oxygen atoms in total. The molecule has 15 heavy (non-hydrogen) atoms. The van der Waals surface area contributed by atoms with Crippen LogP contribution >= 0.6 is 0 Å². The Labute approximate surface area is 89.1 Å². The standard InChI is InChI=1S/C12H15NO2/c1-6-5-7-3-4-8(6)10-9(7)11(14)13(2)12(10)15/h5,7-10H,3-4H2,1-2H3. The normalized spacial score (nSPS) is 43.3. The summed E-state index contributed by atoms with van der Waals surface area (Å²) in [6.45, 7) is 2.10. The Hall–Kier alpha value is -1.12. The summed E-state index contributed by atoms with van der Waals surface area (Å²) >= 11 is 0. The minimum Gasteiger partial charge on any atom is -0.285 e. The second-order valence-corrected chi connectivity index (χ2v) is 5.05. The van der Waals surface area contributed by atoms with Crippen LogP contribution in [0.2, 0.25) is 0 Å². The highest BCUT2D eigenvalue weighted by Gasteiger charge is 2.56. The molecule has 0 spiro atoms. The first-order valence-corrected chi connectivity index (χ1v) is 5.61. The van der Waals surface area contributed by atoms with Crippen LogP contribution in [-0.4, -0.2) is 23.8 Å². The second kappa shape index (κ2) is 2.71. The van der Waals surface area contributed by atoms with E-state index in [4.69, 9.17) is 0 Å². The predicted octanol–water partition coefficient (Wildman–Crippen LogP) is 1.20. The molecule has 1 aliphatic heterocycles. The van der Waals surface area contributed by atoms with Crippen molar-refractivity contribution in [3.8, 4) is 0 Å². The molecule has 0 aromatic carbocycles. The number of hydrogen-bond acceptors (Lipinski definition) is 2. The molecule has 4 aliphatic rings. The zero-order valence-corrected chi connectivity index (χ0v) is 9.06. The van der Waals surface area contributed by atoms with E-state index < -0.39 is 0 Å². The van der Waals surface area contributed by atoms with Gasteiger partial charge in [-0.25, -0.2) is 0 Å². The Morgan fingerprint density at radius 2 is 1.87 bits per heavy atom. The first-order chi connectivity index (χ1) is 7.11. The number of imide groups is 1. The lowest BCUT2D eigenvalue weighted by Crippen LogP contribution is -2.40. The molecule has 0 aromatic heterocycles. The van der Waals surface area contributed by atoms with Crippen molar-refractivity contribution in [2.24, 2.45) is 23.7 Å². The fourth-order valence-electron chi connectivity index (χ4n) is 3.63. The molecule has 80 valence electrons. The smallest absolute Gasteiger partial charge is 0.233 e. The van der Waals surface area contributed by atoms with Crippen LogP contribution in [0.4, 0.5) is 0 Å². The molecule has 0 N–H and O–H groups in total. The number of carbonyl (C=O) groups is 2. The highest BCUT2D eigenvalue weighted by Crippen LogP contribution is 2.51. The van der Waals surface area contributed by atoms with Crippen LogP contribution in [0.25, 0.3) is 0 Å². The van der Waals surface area contributed by atoms with Crippen LogP contribution in [-0.2, 0) is 9.59 Å². The summed E-state index contributed by atoms with van der Waals surface area (Å²) in [6, 6.07) is 0. The molecule has 3 heteroatoms. The van der Waals surface area contributed by atoms with Gasteiger partial charge in [0.05, 0.1) is 11.8 Å². The Balaban J connectivity index is 2.09. The number of carbonyl (C=O) groups excluding carboxylic acids is 2. The lowest BCUT2D eigenvalue weighted by Gasteiger charge is -2.41. The van der Waals surface area contributed by atoms with Crippen LogP contribution in [0.15, 0.2) is 11.6 Å². The number of fused-ring (bicyclic) bond motifs is 1. The van der Waals surface area contributed by atoms with Crippen molar-refractivity contribution in [3.05, 3.63) is 11.6 Å². The van der Waals surface area contributed by atoms with Gasteiger partial charge in [0.2, 0.25) is 11.8 Å². The number of amides is 2. The highest BCUT2D eigenvalue weighted by molar-refractivity contribution is 6.05. The largest absolute Gasteiger partial charge is 0.285 e. The Bertz CT molecular complexity index is 385. The van der Waals surface area contributed by atoms with Crippen LogP contribution in [0, 0.1) is 23.7 Å². The van der Waals surface area contributed by atoms with Crippen molar-refractivity contribution in [2.45, 2.75) is 19.8 Å². The van der Waals surface area contributed by atoms with Crippen LogP contribution in [0.5, 0.6) is 0 Å². The third kappa shape index (κ3) is 0.959. The SMILES string of the molecule is CC1=CC2CCC1C1C(=O)N(C)C(=O)C21. The van der Waals surface area contributed by atoms with Crippen molar-refractivity contribution >= 4 is 11.8 Å². The van der Waals surface area contributed by atoms with Gasteiger partial charge in [-0.2, -0.15) is 0 Å². The number of likely N-dealkylation sites (tertiary alicyclic amines) is 1. The maximum Gasteiger partial charge on any atom is 0.233 e. The van der Waals surface area contributed by atoms with Crippen LogP contribution < -0.4 is 0 Å². The highest BCUT2D eigenvalue weighted by atomic mass is 16.2. The summed E-state index contributed by atoms with van der Waals surface area (Å²) in [4.78, 5) is 25.2. The van der Waals surface area contributed by atoms with Crippen molar-refractivity contribution in [1.29, 1.82) is 0 Å². The van der Waals surface area contributed by atoms with Gasteiger partial charge in [-0.15, -0.1) is 0 Å². The summed E-state index contributed by atoms with van der Waals surface area (Å²) in [5, 5.41) is 0. The van der Waals surface area contributed by atoms with Gasteiger partial charge in [-0.05, 0) is 31.6 Å². The van der Waals surface area contributed by atoms with Crippen LogP contribution in [0.3, 0.4) is 0 Å². The second-order valence-electron chi connectivity index (χ2n) is 5.05. The Morgan fingerprint density at radius 3 is 2.53 bits per heavy atom. The molecule has 1 heterocycles. The summed E-state index contributed by atoms with van der Waals surface area (Å²) in [7, 11) is 1.62. The van der Waals surface area contributed by atoms with Crippen molar-refractivity contribution in [1.82, 2.24) is 4.90 Å². The number of nitrogens with zero attached hydrogens (tertiary/aromatic N) is 1. The lowest BCUT2D eigenvalue weighted by molar-refractivity contribution is -0.138. The topological polar surface area (TPSA) is 37.4 Å². The van der Waals surface area contributed by atoms with Crippen molar-refractivity contribution in [2.75, 3.05) is 7.05 Å². The summed E-state index contributed by atoms with van der Waals surface area (Å²) in [5.41, 5.74) is 1.32. The van der Waals surface area contributed by atoms with Crippen LogP contribution in [0.1, 0.15) is 19.8 Å². The number of hydrogen-bond donors (Lipinski definition) is 0. The molecule has 1 saturated heterocycles. The molecule has 2 fully saturated rings. The monoisotopic (exact) mass is 205 g/mol. The maximum atomic E-state index is 12.0.